The number of halogens is 1. The van der Waals surface area contributed by atoms with E-state index in [0.717, 1.165) is 29.2 Å². The minimum atomic E-state index is -0.773. The molecule has 90 valence electrons. The van der Waals surface area contributed by atoms with E-state index in [4.69, 9.17) is 11.6 Å². The lowest BCUT2D eigenvalue weighted by Crippen LogP contribution is -2.27. The molecule has 0 fully saturated rings. The summed E-state index contributed by atoms with van der Waals surface area (Å²) in [5.41, 5.74) is 2.25. The molecule has 0 aliphatic heterocycles. The molecular formula is C12H18ClNOS. The van der Waals surface area contributed by atoms with Crippen LogP contribution in [-0.4, -0.2) is 22.3 Å². The van der Waals surface area contributed by atoms with E-state index in [-0.39, 0.29) is 5.25 Å². The SMILES string of the molecule is Cc1ccc(CNCC(C)S(C)=O)c(Cl)c1. The van der Waals surface area contributed by atoms with Crippen molar-refractivity contribution in [3.05, 3.63) is 34.3 Å². The lowest BCUT2D eigenvalue weighted by Gasteiger charge is -2.11. The molecule has 0 radical (unpaired) electrons. The highest BCUT2D eigenvalue weighted by molar-refractivity contribution is 7.84. The van der Waals surface area contributed by atoms with Gasteiger partial charge in [-0.2, -0.15) is 0 Å². The van der Waals surface area contributed by atoms with Gasteiger partial charge in [-0.25, -0.2) is 0 Å². The summed E-state index contributed by atoms with van der Waals surface area (Å²) >= 11 is 6.11. The molecule has 0 aliphatic carbocycles. The Morgan fingerprint density at radius 1 is 1.50 bits per heavy atom. The molecule has 0 heterocycles. The summed E-state index contributed by atoms with van der Waals surface area (Å²) in [6, 6.07) is 6.03. The Morgan fingerprint density at radius 2 is 2.19 bits per heavy atom. The third kappa shape index (κ3) is 4.24. The van der Waals surface area contributed by atoms with E-state index < -0.39 is 10.8 Å². The average molecular weight is 260 g/mol. The van der Waals surface area contributed by atoms with Crippen molar-refractivity contribution in [2.45, 2.75) is 25.6 Å². The maximum atomic E-state index is 11.1. The predicted octanol–water partition coefficient (Wildman–Crippen LogP) is 2.51. The van der Waals surface area contributed by atoms with Crippen molar-refractivity contribution in [1.29, 1.82) is 0 Å². The smallest absolute Gasteiger partial charge is 0.0453 e. The monoisotopic (exact) mass is 259 g/mol. The topological polar surface area (TPSA) is 29.1 Å². The molecule has 2 unspecified atom stereocenters. The van der Waals surface area contributed by atoms with Gasteiger partial charge in [0, 0.05) is 40.4 Å². The van der Waals surface area contributed by atoms with Crippen LogP contribution in [0, 0.1) is 6.92 Å². The maximum Gasteiger partial charge on any atom is 0.0453 e. The minimum absolute atomic E-state index is 0.171. The first kappa shape index (κ1) is 13.7. The van der Waals surface area contributed by atoms with Gasteiger partial charge in [0.05, 0.1) is 0 Å². The van der Waals surface area contributed by atoms with E-state index in [9.17, 15) is 4.21 Å². The summed E-state index contributed by atoms with van der Waals surface area (Å²) < 4.78 is 11.1. The van der Waals surface area contributed by atoms with Gasteiger partial charge < -0.3 is 5.32 Å². The van der Waals surface area contributed by atoms with Crippen molar-refractivity contribution < 1.29 is 4.21 Å². The van der Waals surface area contributed by atoms with Gasteiger partial charge in [-0.3, -0.25) is 4.21 Å². The Morgan fingerprint density at radius 3 is 2.75 bits per heavy atom. The van der Waals surface area contributed by atoms with Crippen LogP contribution in [0.5, 0.6) is 0 Å². The van der Waals surface area contributed by atoms with Crippen LogP contribution in [0.2, 0.25) is 5.02 Å². The van der Waals surface area contributed by atoms with Crippen LogP contribution in [0.4, 0.5) is 0 Å². The maximum absolute atomic E-state index is 11.1. The summed E-state index contributed by atoms with van der Waals surface area (Å²) in [7, 11) is -0.773. The van der Waals surface area contributed by atoms with Gasteiger partial charge in [0.15, 0.2) is 0 Å². The number of rotatable bonds is 5. The molecular weight excluding hydrogens is 242 g/mol. The van der Waals surface area contributed by atoms with Crippen LogP contribution >= 0.6 is 11.6 Å². The van der Waals surface area contributed by atoms with Gasteiger partial charge in [0.2, 0.25) is 0 Å². The zero-order chi connectivity index (χ0) is 12.1. The molecule has 0 spiro atoms. The first-order valence-electron chi connectivity index (χ1n) is 5.28. The van der Waals surface area contributed by atoms with Gasteiger partial charge in [0.1, 0.15) is 0 Å². The number of aryl methyl sites for hydroxylation is 1. The third-order valence-corrected chi connectivity index (χ3v) is 4.17. The molecule has 0 aliphatic rings. The highest BCUT2D eigenvalue weighted by Crippen LogP contribution is 2.17. The largest absolute Gasteiger partial charge is 0.311 e. The van der Waals surface area contributed by atoms with Crippen LogP contribution < -0.4 is 5.32 Å². The molecule has 16 heavy (non-hydrogen) atoms. The number of nitrogens with one attached hydrogen (secondary N) is 1. The second kappa shape index (κ2) is 6.38. The molecule has 2 nitrogen and oxygen atoms in total. The molecule has 1 N–H and O–H groups in total. The predicted molar refractivity (Wildman–Crippen MR) is 71.4 cm³/mol. The Balaban J connectivity index is 2.46. The van der Waals surface area contributed by atoms with Crippen molar-refractivity contribution in [1.82, 2.24) is 5.32 Å². The number of benzene rings is 1. The molecule has 0 bridgehead atoms. The molecule has 2 atom stereocenters. The molecule has 0 aromatic heterocycles. The van der Waals surface area contributed by atoms with Gasteiger partial charge in [-0.1, -0.05) is 23.7 Å². The standard InChI is InChI=1S/C12H18ClNOS/c1-9-4-5-11(12(13)6-9)8-14-7-10(2)16(3)15/h4-6,10,14H,7-8H2,1-3H3. The quantitative estimate of drug-likeness (QED) is 0.880. The van der Waals surface area contributed by atoms with Gasteiger partial charge >= 0.3 is 0 Å². The lowest BCUT2D eigenvalue weighted by atomic mass is 10.1. The first-order chi connectivity index (χ1) is 7.50. The Hall–Kier alpha value is -0.380. The summed E-state index contributed by atoms with van der Waals surface area (Å²) in [6.45, 7) is 5.46. The Labute approximate surface area is 105 Å². The Kier molecular flexibility index (Phi) is 5.46. The third-order valence-electron chi connectivity index (χ3n) is 2.52. The molecule has 4 heteroatoms. The normalized spacial score (nSPS) is 14.8. The van der Waals surface area contributed by atoms with E-state index in [1.165, 1.54) is 0 Å². The van der Waals surface area contributed by atoms with E-state index in [0.29, 0.717) is 0 Å². The molecule has 1 rings (SSSR count). The summed E-state index contributed by atoms with van der Waals surface area (Å²) in [5.74, 6) is 0. The average Bonchev–Trinajstić information content (AvgIpc) is 2.20. The second-order valence-corrected chi connectivity index (χ2v) is 6.24. The Bertz CT molecular complexity index is 381. The van der Waals surface area contributed by atoms with Gasteiger partial charge in [-0.15, -0.1) is 0 Å². The fraction of sp³-hybridized carbons (Fsp3) is 0.500. The van der Waals surface area contributed by atoms with Gasteiger partial charge in [0.25, 0.3) is 0 Å². The van der Waals surface area contributed by atoms with E-state index in [1.54, 1.807) is 6.26 Å². The van der Waals surface area contributed by atoms with Crippen molar-refractivity contribution in [3.63, 3.8) is 0 Å². The zero-order valence-electron chi connectivity index (χ0n) is 9.92. The van der Waals surface area contributed by atoms with E-state index in [1.807, 2.05) is 32.0 Å². The number of hydrogen-bond acceptors (Lipinski definition) is 2. The number of hydrogen-bond donors (Lipinski definition) is 1. The molecule has 1 aromatic carbocycles. The minimum Gasteiger partial charge on any atom is -0.311 e. The highest BCUT2D eigenvalue weighted by Gasteiger charge is 2.06. The second-order valence-electron chi connectivity index (χ2n) is 4.03. The summed E-state index contributed by atoms with van der Waals surface area (Å²) in [6.07, 6.45) is 1.73. The highest BCUT2D eigenvalue weighted by atomic mass is 35.5. The van der Waals surface area contributed by atoms with E-state index >= 15 is 0 Å². The van der Waals surface area contributed by atoms with Crippen molar-refractivity contribution in [3.8, 4) is 0 Å². The van der Waals surface area contributed by atoms with Crippen molar-refractivity contribution in [2.24, 2.45) is 0 Å². The fourth-order valence-corrected chi connectivity index (χ4v) is 1.98. The van der Waals surface area contributed by atoms with Crippen LogP contribution in [-0.2, 0) is 17.3 Å². The van der Waals surface area contributed by atoms with Crippen molar-refractivity contribution in [2.75, 3.05) is 12.8 Å². The molecule has 0 saturated heterocycles. The van der Waals surface area contributed by atoms with Crippen molar-refractivity contribution >= 4 is 22.4 Å². The summed E-state index contributed by atoms with van der Waals surface area (Å²) in [5, 5.41) is 4.23. The van der Waals surface area contributed by atoms with Crippen LogP contribution in [0.3, 0.4) is 0 Å². The van der Waals surface area contributed by atoms with Crippen LogP contribution in [0.15, 0.2) is 18.2 Å². The fourth-order valence-electron chi connectivity index (χ4n) is 1.32. The van der Waals surface area contributed by atoms with Crippen LogP contribution in [0.25, 0.3) is 0 Å². The lowest BCUT2D eigenvalue weighted by molar-refractivity contribution is 0.647. The van der Waals surface area contributed by atoms with Gasteiger partial charge in [-0.05, 0) is 31.0 Å². The molecule has 1 aromatic rings. The molecule has 0 saturated carbocycles. The summed E-state index contributed by atoms with van der Waals surface area (Å²) in [4.78, 5) is 0. The zero-order valence-corrected chi connectivity index (χ0v) is 11.5. The first-order valence-corrected chi connectivity index (χ1v) is 7.28. The van der Waals surface area contributed by atoms with E-state index in [2.05, 4.69) is 5.32 Å². The van der Waals surface area contributed by atoms with Crippen LogP contribution in [0.1, 0.15) is 18.1 Å². The molecule has 0 amide bonds.